The van der Waals surface area contributed by atoms with Gasteiger partial charge in [0.25, 0.3) is 0 Å². The van der Waals surface area contributed by atoms with Crippen LogP contribution in [0.1, 0.15) is 45.2 Å². The van der Waals surface area contributed by atoms with Crippen LogP contribution in [-0.4, -0.2) is 29.8 Å². The second-order valence-corrected chi connectivity index (χ2v) is 7.59. The third-order valence-corrected chi connectivity index (χ3v) is 5.30. The monoisotopic (exact) mass is 352 g/mol. The Kier molecular flexibility index (Phi) is 5.60. The Morgan fingerprint density at radius 2 is 1.65 bits per heavy atom. The minimum Gasteiger partial charge on any atom is -0.349 e. The van der Waals surface area contributed by atoms with Crippen LogP contribution in [-0.2, 0) is 9.59 Å². The van der Waals surface area contributed by atoms with Gasteiger partial charge in [-0.2, -0.15) is 0 Å². The highest BCUT2D eigenvalue weighted by Crippen LogP contribution is 2.23. The molecular weight excluding hydrogens is 324 g/mol. The molecule has 0 radical (unpaired) electrons. The summed E-state index contributed by atoms with van der Waals surface area (Å²) in [5.74, 6) is 0.304. The van der Waals surface area contributed by atoms with Gasteiger partial charge in [-0.3, -0.25) is 9.59 Å². The lowest BCUT2D eigenvalue weighted by atomic mass is 9.94. The molecule has 1 heterocycles. The molecule has 0 bridgehead atoms. The lowest BCUT2D eigenvalue weighted by Gasteiger charge is -2.33. The van der Waals surface area contributed by atoms with Crippen molar-refractivity contribution in [2.45, 2.75) is 39.7 Å². The molecule has 0 saturated carbocycles. The summed E-state index contributed by atoms with van der Waals surface area (Å²) >= 11 is 0. The molecule has 2 aromatic rings. The van der Waals surface area contributed by atoms with Crippen LogP contribution in [0.4, 0.5) is 0 Å². The Balaban J connectivity index is 1.58. The standard InChI is InChI=1S/C22H28N2O2/c1-15(2)22(26)24-12-10-18(11-13-24)21(25)23-16(3)19-9-8-17-6-4-5-7-20(17)14-19/h4-9,14-16,18H,10-13H2,1-3H3,(H,23,25). The summed E-state index contributed by atoms with van der Waals surface area (Å²) in [6.45, 7) is 7.23. The van der Waals surface area contributed by atoms with Crippen molar-refractivity contribution in [1.29, 1.82) is 0 Å². The number of nitrogens with one attached hydrogen (secondary N) is 1. The second-order valence-electron chi connectivity index (χ2n) is 7.59. The van der Waals surface area contributed by atoms with Crippen LogP contribution in [0.5, 0.6) is 0 Å². The number of hydrogen-bond acceptors (Lipinski definition) is 2. The first kappa shape index (κ1) is 18.4. The fraction of sp³-hybridized carbons (Fsp3) is 0.455. The molecule has 1 atom stereocenters. The van der Waals surface area contributed by atoms with Crippen molar-refractivity contribution in [2.75, 3.05) is 13.1 Å². The summed E-state index contributed by atoms with van der Waals surface area (Å²) in [7, 11) is 0. The van der Waals surface area contributed by atoms with Crippen LogP contribution in [0.25, 0.3) is 10.8 Å². The van der Waals surface area contributed by atoms with Gasteiger partial charge in [0.05, 0.1) is 6.04 Å². The molecule has 1 aliphatic rings. The number of hydrogen-bond donors (Lipinski definition) is 1. The molecule has 0 aliphatic carbocycles. The lowest BCUT2D eigenvalue weighted by molar-refractivity contribution is -0.138. The van der Waals surface area contributed by atoms with Crippen LogP contribution in [0, 0.1) is 11.8 Å². The number of nitrogens with zero attached hydrogens (tertiary/aromatic N) is 1. The van der Waals surface area contributed by atoms with E-state index < -0.39 is 0 Å². The molecule has 2 amide bonds. The number of carbonyl (C=O) groups is 2. The van der Waals surface area contributed by atoms with E-state index in [-0.39, 0.29) is 29.7 Å². The van der Waals surface area contributed by atoms with E-state index >= 15 is 0 Å². The van der Waals surface area contributed by atoms with Crippen LogP contribution in [0.2, 0.25) is 0 Å². The van der Waals surface area contributed by atoms with E-state index in [0.29, 0.717) is 13.1 Å². The highest BCUT2D eigenvalue weighted by atomic mass is 16.2. The number of fused-ring (bicyclic) bond motifs is 1. The number of likely N-dealkylation sites (tertiary alicyclic amines) is 1. The molecule has 2 aromatic carbocycles. The van der Waals surface area contributed by atoms with Gasteiger partial charge >= 0.3 is 0 Å². The van der Waals surface area contributed by atoms with E-state index in [9.17, 15) is 9.59 Å². The average Bonchev–Trinajstić information content (AvgIpc) is 2.67. The van der Waals surface area contributed by atoms with Crippen LogP contribution >= 0.6 is 0 Å². The van der Waals surface area contributed by atoms with Crippen LogP contribution in [0.3, 0.4) is 0 Å². The maximum Gasteiger partial charge on any atom is 0.225 e. The van der Waals surface area contributed by atoms with Gasteiger partial charge in [-0.1, -0.05) is 50.2 Å². The summed E-state index contributed by atoms with van der Waals surface area (Å²) in [5.41, 5.74) is 1.12. The number of amides is 2. The summed E-state index contributed by atoms with van der Waals surface area (Å²) in [6.07, 6.45) is 1.49. The smallest absolute Gasteiger partial charge is 0.225 e. The van der Waals surface area contributed by atoms with Gasteiger partial charge in [0.2, 0.25) is 11.8 Å². The molecule has 3 rings (SSSR count). The van der Waals surface area contributed by atoms with Gasteiger partial charge in [0, 0.05) is 24.9 Å². The zero-order chi connectivity index (χ0) is 18.7. The van der Waals surface area contributed by atoms with Crippen molar-refractivity contribution in [1.82, 2.24) is 10.2 Å². The van der Waals surface area contributed by atoms with Gasteiger partial charge in [0.1, 0.15) is 0 Å². The van der Waals surface area contributed by atoms with E-state index in [0.717, 1.165) is 18.4 Å². The minimum absolute atomic E-state index is 0.00545. The van der Waals surface area contributed by atoms with Crippen molar-refractivity contribution in [3.05, 3.63) is 48.0 Å². The average molecular weight is 352 g/mol. The molecule has 1 N–H and O–H groups in total. The molecule has 138 valence electrons. The fourth-order valence-corrected chi connectivity index (χ4v) is 3.62. The zero-order valence-corrected chi connectivity index (χ0v) is 15.9. The van der Waals surface area contributed by atoms with Crippen molar-refractivity contribution >= 4 is 22.6 Å². The van der Waals surface area contributed by atoms with E-state index in [4.69, 9.17) is 0 Å². The van der Waals surface area contributed by atoms with Crippen LogP contribution < -0.4 is 5.32 Å². The van der Waals surface area contributed by atoms with Crippen molar-refractivity contribution in [3.63, 3.8) is 0 Å². The first-order chi connectivity index (χ1) is 12.5. The Morgan fingerprint density at radius 3 is 2.31 bits per heavy atom. The van der Waals surface area contributed by atoms with E-state index in [1.807, 2.05) is 37.8 Å². The molecule has 1 fully saturated rings. The van der Waals surface area contributed by atoms with Crippen molar-refractivity contribution in [3.8, 4) is 0 Å². The molecule has 1 unspecified atom stereocenters. The van der Waals surface area contributed by atoms with E-state index in [2.05, 4.69) is 35.6 Å². The van der Waals surface area contributed by atoms with Crippen LogP contribution in [0.15, 0.2) is 42.5 Å². The predicted octanol–water partition coefficient (Wildman–Crippen LogP) is 3.91. The number of rotatable bonds is 4. The summed E-state index contributed by atoms with van der Waals surface area (Å²) in [4.78, 5) is 26.6. The Hall–Kier alpha value is -2.36. The van der Waals surface area contributed by atoms with Crippen molar-refractivity contribution < 1.29 is 9.59 Å². The quantitative estimate of drug-likeness (QED) is 0.907. The SMILES string of the molecule is CC(C)C(=O)N1CCC(C(=O)NC(C)c2ccc3ccccc3c2)CC1. The molecule has 4 nitrogen and oxygen atoms in total. The number of carbonyl (C=O) groups excluding carboxylic acids is 2. The van der Waals surface area contributed by atoms with Gasteiger partial charge in [-0.05, 0) is 42.2 Å². The Labute approximate surface area is 155 Å². The van der Waals surface area contributed by atoms with Gasteiger partial charge in [0.15, 0.2) is 0 Å². The van der Waals surface area contributed by atoms with E-state index in [1.54, 1.807) is 0 Å². The molecule has 26 heavy (non-hydrogen) atoms. The highest BCUT2D eigenvalue weighted by molar-refractivity contribution is 5.84. The van der Waals surface area contributed by atoms with Gasteiger partial charge < -0.3 is 10.2 Å². The highest BCUT2D eigenvalue weighted by Gasteiger charge is 2.28. The molecule has 4 heteroatoms. The number of benzene rings is 2. The largest absolute Gasteiger partial charge is 0.349 e. The molecule has 0 spiro atoms. The van der Waals surface area contributed by atoms with Gasteiger partial charge in [-0.15, -0.1) is 0 Å². The predicted molar refractivity (Wildman–Crippen MR) is 105 cm³/mol. The summed E-state index contributed by atoms with van der Waals surface area (Å²) in [6, 6.07) is 14.5. The normalized spacial score (nSPS) is 16.7. The summed E-state index contributed by atoms with van der Waals surface area (Å²) < 4.78 is 0. The second kappa shape index (κ2) is 7.90. The fourth-order valence-electron chi connectivity index (χ4n) is 3.62. The van der Waals surface area contributed by atoms with Gasteiger partial charge in [-0.25, -0.2) is 0 Å². The maximum absolute atomic E-state index is 12.6. The van der Waals surface area contributed by atoms with Crippen molar-refractivity contribution in [2.24, 2.45) is 11.8 Å². The lowest BCUT2D eigenvalue weighted by Crippen LogP contribution is -2.44. The van der Waals surface area contributed by atoms with E-state index in [1.165, 1.54) is 10.8 Å². The topological polar surface area (TPSA) is 49.4 Å². The molecular formula is C22H28N2O2. The Bertz CT molecular complexity index is 792. The Morgan fingerprint density at radius 1 is 1.00 bits per heavy atom. The third kappa shape index (κ3) is 4.06. The summed E-state index contributed by atoms with van der Waals surface area (Å²) in [5, 5.41) is 5.55. The first-order valence-electron chi connectivity index (χ1n) is 9.53. The minimum atomic E-state index is -0.0255. The molecule has 0 aromatic heterocycles. The third-order valence-electron chi connectivity index (χ3n) is 5.30. The first-order valence-corrected chi connectivity index (χ1v) is 9.53. The molecule has 1 saturated heterocycles. The molecule has 1 aliphatic heterocycles. The number of piperidine rings is 1. The maximum atomic E-state index is 12.6. The zero-order valence-electron chi connectivity index (χ0n) is 15.9.